The van der Waals surface area contributed by atoms with Gasteiger partial charge < -0.3 is 15.2 Å². The monoisotopic (exact) mass is 252 g/mol. The second-order valence-corrected chi connectivity index (χ2v) is 4.22. The SMILES string of the molecule is CCC(C)C(O)CNC(=O)c1cccnc1OC. The lowest BCUT2D eigenvalue weighted by molar-refractivity contribution is 0.0847. The van der Waals surface area contributed by atoms with E-state index in [2.05, 4.69) is 10.3 Å². The molecule has 100 valence electrons. The Kier molecular flexibility index (Phi) is 5.58. The van der Waals surface area contributed by atoms with Crippen LogP contribution in [0.5, 0.6) is 5.88 Å². The van der Waals surface area contributed by atoms with Gasteiger partial charge in [0.2, 0.25) is 5.88 Å². The van der Waals surface area contributed by atoms with Crippen molar-refractivity contribution in [1.29, 1.82) is 0 Å². The van der Waals surface area contributed by atoms with Gasteiger partial charge in [-0.3, -0.25) is 4.79 Å². The van der Waals surface area contributed by atoms with E-state index >= 15 is 0 Å². The highest BCUT2D eigenvalue weighted by Gasteiger charge is 2.16. The first-order valence-electron chi connectivity index (χ1n) is 6.05. The van der Waals surface area contributed by atoms with Crippen molar-refractivity contribution in [3.63, 3.8) is 0 Å². The molecule has 0 aliphatic rings. The second kappa shape index (κ2) is 6.96. The zero-order valence-corrected chi connectivity index (χ0v) is 11.0. The summed E-state index contributed by atoms with van der Waals surface area (Å²) in [7, 11) is 1.47. The van der Waals surface area contributed by atoms with Crippen molar-refractivity contribution in [2.24, 2.45) is 5.92 Å². The summed E-state index contributed by atoms with van der Waals surface area (Å²) in [5.41, 5.74) is 0.372. The van der Waals surface area contributed by atoms with Gasteiger partial charge in [0.25, 0.3) is 5.91 Å². The van der Waals surface area contributed by atoms with Gasteiger partial charge in [-0.25, -0.2) is 4.98 Å². The molecular formula is C13H20N2O3. The van der Waals surface area contributed by atoms with Crippen LogP contribution in [0.1, 0.15) is 30.6 Å². The van der Waals surface area contributed by atoms with Gasteiger partial charge in [0.05, 0.1) is 13.2 Å². The van der Waals surface area contributed by atoms with E-state index in [-0.39, 0.29) is 24.2 Å². The van der Waals surface area contributed by atoms with Crippen molar-refractivity contribution in [2.45, 2.75) is 26.4 Å². The average molecular weight is 252 g/mol. The molecule has 0 aliphatic carbocycles. The third-order valence-electron chi connectivity index (χ3n) is 2.98. The molecule has 0 aromatic carbocycles. The molecular weight excluding hydrogens is 232 g/mol. The summed E-state index contributed by atoms with van der Waals surface area (Å²) in [5.74, 6) is 0.149. The summed E-state index contributed by atoms with van der Waals surface area (Å²) in [6, 6.07) is 3.30. The van der Waals surface area contributed by atoms with Gasteiger partial charge >= 0.3 is 0 Å². The number of hydrogen-bond acceptors (Lipinski definition) is 4. The second-order valence-electron chi connectivity index (χ2n) is 4.22. The number of carbonyl (C=O) groups excluding carboxylic acids is 1. The molecule has 5 heteroatoms. The number of aliphatic hydroxyl groups is 1. The summed E-state index contributed by atoms with van der Waals surface area (Å²) in [5, 5.41) is 12.5. The number of ether oxygens (including phenoxy) is 1. The van der Waals surface area contributed by atoms with Crippen LogP contribution in [0.25, 0.3) is 0 Å². The van der Waals surface area contributed by atoms with Gasteiger partial charge in [-0.1, -0.05) is 20.3 Å². The first-order valence-corrected chi connectivity index (χ1v) is 6.05. The van der Waals surface area contributed by atoms with E-state index in [0.717, 1.165) is 6.42 Å². The maximum Gasteiger partial charge on any atom is 0.256 e. The minimum Gasteiger partial charge on any atom is -0.480 e. The molecule has 1 heterocycles. The summed E-state index contributed by atoms with van der Waals surface area (Å²) >= 11 is 0. The molecule has 0 spiro atoms. The Hall–Kier alpha value is -1.62. The number of rotatable bonds is 6. The van der Waals surface area contributed by atoms with Crippen LogP contribution in [0, 0.1) is 5.92 Å². The molecule has 0 saturated carbocycles. The van der Waals surface area contributed by atoms with E-state index in [1.165, 1.54) is 7.11 Å². The zero-order valence-electron chi connectivity index (χ0n) is 11.0. The van der Waals surface area contributed by atoms with E-state index < -0.39 is 6.10 Å². The Labute approximate surface area is 107 Å². The number of aromatic nitrogens is 1. The molecule has 0 aliphatic heterocycles. The van der Waals surface area contributed by atoms with Gasteiger partial charge in [0.15, 0.2) is 0 Å². The molecule has 1 aromatic rings. The summed E-state index contributed by atoms with van der Waals surface area (Å²) in [4.78, 5) is 15.8. The van der Waals surface area contributed by atoms with E-state index in [4.69, 9.17) is 4.74 Å². The summed E-state index contributed by atoms with van der Waals surface area (Å²) in [6.45, 7) is 4.17. The molecule has 1 rings (SSSR count). The zero-order chi connectivity index (χ0) is 13.5. The van der Waals surface area contributed by atoms with E-state index in [1.807, 2.05) is 13.8 Å². The maximum atomic E-state index is 11.9. The van der Waals surface area contributed by atoms with Crippen molar-refractivity contribution >= 4 is 5.91 Å². The molecule has 18 heavy (non-hydrogen) atoms. The number of carbonyl (C=O) groups is 1. The molecule has 0 bridgehead atoms. The first kappa shape index (κ1) is 14.4. The van der Waals surface area contributed by atoms with Gasteiger partial charge in [0.1, 0.15) is 5.56 Å². The predicted octanol–water partition coefficient (Wildman–Crippen LogP) is 1.23. The Balaban J connectivity index is 2.60. The highest BCUT2D eigenvalue weighted by molar-refractivity contribution is 5.96. The van der Waals surface area contributed by atoms with Crippen LogP contribution < -0.4 is 10.1 Å². The maximum absolute atomic E-state index is 11.9. The van der Waals surface area contributed by atoms with E-state index in [0.29, 0.717) is 5.56 Å². The van der Waals surface area contributed by atoms with Crippen molar-refractivity contribution < 1.29 is 14.6 Å². The Morgan fingerprint density at radius 1 is 1.61 bits per heavy atom. The third-order valence-corrected chi connectivity index (χ3v) is 2.98. The molecule has 2 N–H and O–H groups in total. The van der Waals surface area contributed by atoms with Crippen LogP contribution in [0.3, 0.4) is 0 Å². The fraction of sp³-hybridized carbons (Fsp3) is 0.538. The van der Waals surface area contributed by atoms with Crippen molar-refractivity contribution in [3.8, 4) is 5.88 Å². The van der Waals surface area contributed by atoms with Crippen molar-refractivity contribution in [3.05, 3.63) is 23.9 Å². The molecule has 2 atom stereocenters. The number of aliphatic hydroxyl groups excluding tert-OH is 1. The van der Waals surface area contributed by atoms with Gasteiger partial charge in [-0.2, -0.15) is 0 Å². The van der Waals surface area contributed by atoms with Gasteiger partial charge in [-0.05, 0) is 18.1 Å². The van der Waals surface area contributed by atoms with Gasteiger partial charge in [0, 0.05) is 12.7 Å². The quantitative estimate of drug-likeness (QED) is 0.798. The minimum absolute atomic E-state index is 0.154. The fourth-order valence-electron chi connectivity index (χ4n) is 1.49. The number of methoxy groups -OCH3 is 1. The number of nitrogens with one attached hydrogen (secondary N) is 1. The Morgan fingerprint density at radius 2 is 2.33 bits per heavy atom. The lowest BCUT2D eigenvalue weighted by Gasteiger charge is -2.17. The summed E-state index contributed by atoms with van der Waals surface area (Å²) < 4.78 is 5.01. The molecule has 1 aromatic heterocycles. The van der Waals surface area contributed by atoms with Crippen LogP contribution in [0.4, 0.5) is 0 Å². The molecule has 0 radical (unpaired) electrons. The number of amides is 1. The fourth-order valence-corrected chi connectivity index (χ4v) is 1.49. The van der Waals surface area contributed by atoms with Crippen LogP contribution in [0.2, 0.25) is 0 Å². The lowest BCUT2D eigenvalue weighted by Crippen LogP contribution is -2.35. The topological polar surface area (TPSA) is 71.5 Å². The number of pyridine rings is 1. The Bertz CT molecular complexity index is 396. The van der Waals surface area contributed by atoms with Crippen LogP contribution in [-0.4, -0.2) is 35.8 Å². The molecule has 0 saturated heterocycles. The van der Waals surface area contributed by atoms with E-state index in [1.54, 1.807) is 18.3 Å². The predicted molar refractivity (Wildman–Crippen MR) is 68.6 cm³/mol. The highest BCUT2D eigenvalue weighted by atomic mass is 16.5. The van der Waals surface area contributed by atoms with E-state index in [9.17, 15) is 9.90 Å². The molecule has 5 nitrogen and oxygen atoms in total. The Morgan fingerprint density at radius 3 is 2.94 bits per heavy atom. The van der Waals surface area contributed by atoms with Crippen molar-refractivity contribution in [1.82, 2.24) is 10.3 Å². The van der Waals surface area contributed by atoms with Crippen molar-refractivity contribution in [2.75, 3.05) is 13.7 Å². The first-order chi connectivity index (χ1) is 8.60. The van der Waals surface area contributed by atoms with Crippen LogP contribution >= 0.6 is 0 Å². The molecule has 2 unspecified atom stereocenters. The van der Waals surface area contributed by atoms with Gasteiger partial charge in [-0.15, -0.1) is 0 Å². The van der Waals surface area contributed by atoms with Crippen LogP contribution in [0.15, 0.2) is 18.3 Å². The number of hydrogen-bond donors (Lipinski definition) is 2. The third kappa shape index (κ3) is 3.70. The lowest BCUT2D eigenvalue weighted by atomic mass is 10.0. The minimum atomic E-state index is -0.540. The number of nitrogens with zero attached hydrogens (tertiary/aromatic N) is 1. The average Bonchev–Trinajstić information content (AvgIpc) is 2.43. The smallest absolute Gasteiger partial charge is 0.256 e. The standard InChI is InChI=1S/C13H20N2O3/c1-4-9(2)11(16)8-15-12(17)10-6-5-7-14-13(10)18-3/h5-7,9,11,16H,4,8H2,1-3H3,(H,15,17). The normalized spacial score (nSPS) is 13.8. The summed E-state index contributed by atoms with van der Waals surface area (Å²) in [6.07, 6.45) is 1.89. The van der Waals surface area contributed by atoms with Crippen LogP contribution in [-0.2, 0) is 0 Å². The molecule has 1 amide bonds. The molecule has 0 fully saturated rings. The largest absolute Gasteiger partial charge is 0.480 e. The highest BCUT2D eigenvalue weighted by Crippen LogP contribution is 2.13.